The van der Waals surface area contributed by atoms with Crippen LogP contribution in [0.4, 0.5) is 4.79 Å². The Bertz CT molecular complexity index is 1270. The van der Waals surface area contributed by atoms with Gasteiger partial charge in [0.2, 0.25) is 11.8 Å². The standard InChI is InChI=1S/C31H41N5O7/c1-31(2,3)43-29(41)24-15-10-16-36(24)28(40)26(38)22(17-20-11-6-4-7-12-20)34-27(39)23(18-25(32)37)35-30(42)33-19-21-13-8-5-9-14-21/h4-9,11-14,22-24,26,38H,10,15-19H2,1-3H3,(H2,32,37)(H,34,39)(H2,33,35,42)/t22-,23-,24-,26-/m0/s1. The van der Waals surface area contributed by atoms with Crippen molar-refractivity contribution in [3.63, 3.8) is 0 Å². The number of carbonyl (C=O) groups is 5. The van der Waals surface area contributed by atoms with E-state index in [0.29, 0.717) is 18.4 Å². The molecule has 6 N–H and O–H groups in total. The molecule has 2 aromatic carbocycles. The number of ether oxygens (including phenoxy) is 1. The predicted molar refractivity (Wildman–Crippen MR) is 158 cm³/mol. The third kappa shape index (κ3) is 10.4. The molecule has 2 aromatic rings. The third-order valence-electron chi connectivity index (χ3n) is 6.80. The number of rotatable bonds is 12. The summed E-state index contributed by atoms with van der Waals surface area (Å²) in [5.74, 6) is -2.96. The summed E-state index contributed by atoms with van der Waals surface area (Å²) >= 11 is 0. The topological polar surface area (TPSA) is 180 Å². The van der Waals surface area contributed by atoms with Crippen molar-refractivity contribution in [2.45, 2.75) is 82.8 Å². The van der Waals surface area contributed by atoms with Gasteiger partial charge in [-0.3, -0.25) is 14.4 Å². The van der Waals surface area contributed by atoms with E-state index in [1.165, 1.54) is 4.90 Å². The minimum absolute atomic E-state index is 0.0495. The summed E-state index contributed by atoms with van der Waals surface area (Å²) in [7, 11) is 0. The Morgan fingerprint density at radius 3 is 2.16 bits per heavy atom. The van der Waals surface area contributed by atoms with E-state index in [0.717, 1.165) is 5.56 Å². The number of carbonyl (C=O) groups excluding carboxylic acids is 5. The predicted octanol–water partition coefficient (Wildman–Crippen LogP) is 1.15. The molecule has 1 heterocycles. The summed E-state index contributed by atoms with van der Waals surface area (Å²) in [4.78, 5) is 65.4. The molecule has 232 valence electrons. The van der Waals surface area contributed by atoms with Gasteiger partial charge in [0.15, 0.2) is 6.10 Å². The average Bonchev–Trinajstić information content (AvgIpc) is 3.45. The molecule has 5 amide bonds. The van der Waals surface area contributed by atoms with Gasteiger partial charge in [-0.25, -0.2) is 9.59 Å². The lowest BCUT2D eigenvalue weighted by molar-refractivity contribution is -0.165. The number of esters is 1. The van der Waals surface area contributed by atoms with Crippen LogP contribution in [0, 0.1) is 0 Å². The van der Waals surface area contributed by atoms with Gasteiger partial charge in [0.25, 0.3) is 5.91 Å². The Morgan fingerprint density at radius 1 is 0.977 bits per heavy atom. The zero-order valence-corrected chi connectivity index (χ0v) is 24.7. The highest BCUT2D eigenvalue weighted by Crippen LogP contribution is 2.23. The molecule has 1 saturated heterocycles. The fourth-order valence-electron chi connectivity index (χ4n) is 4.78. The highest BCUT2D eigenvalue weighted by Gasteiger charge is 2.41. The van der Waals surface area contributed by atoms with Crippen LogP contribution in [0.3, 0.4) is 0 Å². The van der Waals surface area contributed by atoms with Gasteiger partial charge in [-0.1, -0.05) is 60.7 Å². The Balaban J connectivity index is 1.76. The number of primary amides is 1. The van der Waals surface area contributed by atoms with Crippen LogP contribution in [-0.4, -0.2) is 76.1 Å². The summed E-state index contributed by atoms with van der Waals surface area (Å²) in [5, 5.41) is 19.0. The van der Waals surface area contributed by atoms with Crippen molar-refractivity contribution >= 4 is 29.7 Å². The maximum Gasteiger partial charge on any atom is 0.329 e. The average molecular weight is 596 g/mol. The van der Waals surface area contributed by atoms with Crippen molar-refractivity contribution in [1.82, 2.24) is 20.9 Å². The van der Waals surface area contributed by atoms with Crippen LogP contribution in [0.25, 0.3) is 0 Å². The van der Waals surface area contributed by atoms with E-state index in [1.807, 2.05) is 30.3 Å². The normalized spacial score (nSPS) is 16.8. The number of hydrogen-bond acceptors (Lipinski definition) is 7. The number of urea groups is 1. The largest absolute Gasteiger partial charge is 0.458 e. The van der Waals surface area contributed by atoms with Crippen molar-refractivity contribution in [2.24, 2.45) is 5.73 Å². The number of amides is 5. The summed E-state index contributed by atoms with van der Waals surface area (Å²) in [5.41, 5.74) is 6.14. The second-order valence-electron chi connectivity index (χ2n) is 11.5. The number of nitrogens with zero attached hydrogens (tertiary/aromatic N) is 1. The minimum Gasteiger partial charge on any atom is -0.458 e. The Hall–Kier alpha value is -4.45. The van der Waals surface area contributed by atoms with Gasteiger partial charge in [0.1, 0.15) is 17.7 Å². The molecule has 1 aliphatic rings. The molecule has 0 aliphatic carbocycles. The summed E-state index contributed by atoms with van der Waals surface area (Å²) < 4.78 is 5.48. The van der Waals surface area contributed by atoms with Crippen LogP contribution in [0.1, 0.15) is 51.2 Å². The molecule has 0 spiro atoms. The van der Waals surface area contributed by atoms with Gasteiger partial charge in [0.05, 0.1) is 12.5 Å². The Labute approximate surface area is 251 Å². The minimum atomic E-state index is -1.74. The summed E-state index contributed by atoms with van der Waals surface area (Å²) in [6.07, 6.45) is -1.28. The number of benzene rings is 2. The van der Waals surface area contributed by atoms with Crippen molar-refractivity contribution < 1.29 is 33.8 Å². The molecule has 0 saturated carbocycles. The monoisotopic (exact) mass is 595 g/mol. The van der Waals surface area contributed by atoms with E-state index in [1.54, 1.807) is 51.1 Å². The molecular formula is C31H41N5O7. The molecule has 4 atom stereocenters. The number of likely N-dealkylation sites (tertiary alicyclic amines) is 1. The number of nitrogens with one attached hydrogen (secondary N) is 3. The van der Waals surface area contributed by atoms with Gasteiger partial charge in [-0.2, -0.15) is 0 Å². The van der Waals surface area contributed by atoms with Gasteiger partial charge in [-0.15, -0.1) is 0 Å². The first kappa shape index (κ1) is 33.1. The fourth-order valence-corrected chi connectivity index (χ4v) is 4.78. The van der Waals surface area contributed by atoms with Gasteiger partial charge >= 0.3 is 12.0 Å². The number of nitrogens with two attached hydrogens (primary N) is 1. The Morgan fingerprint density at radius 2 is 1.58 bits per heavy atom. The number of hydrogen-bond donors (Lipinski definition) is 5. The first-order valence-electron chi connectivity index (χ1n) is 14.3. The van der Waals surface area contributed by atoms with Crippen molar-refractivity contribution in [2.75, 3.05) is 6.54 Å². The van der Waals surface area contributed by atoms with Gasteiger partial charge in [0, 0.05) is 13.1 Å². The zero-order chi connectivity index (χ0) is 31.6. The van der Waals surface area contributed by atoms with E-state index in [-0.39, 0.29) is 19.5 Å². The van der Waals surface area contributed by atoms with Crippen LogP contribution >= 0.6 is 0 Å². The fraction of sp³-hybridized carbons (Fsp3) is 0.452. The lowest BCUT2D eigenvalue weighted by Crippen LogP contribution is -2.59. The first-order valence-corrected chi connectivity index (χ1v) is 14.3. The quantitative estimate of drug-likeness (QED) is 0.228. The van der Waals surface area contributed by atoms with Crippen LogP contribution in [0.2, 0.25) is 0 Å². The molecule has 12 heteroatoms. The number of aliphatic hydroxyl groups excluding tert-OH is 1. The molecule has 1 fully saturated rings. The van der Waals surface area contributed by atoms with E-state index in [2.05, 4.69) is 16.0 Å². The molecule has 0 radical (unpaired) electrons. The van der Waals surface area contributed by atoms with E-state index >= 15 is 0 Å². The van der Waals surface area contributed by atoms with Crippen LogP contribution < -0.4 is 21.7 Å². The highest BCUT2D eigenvalue weighted by molar-refractivity contribution is 5.92. The maximum absolute atomic E-state index is 13.5. The molecule has 0 aromatic heterocycles. The highest BCUT2D eigenvalue weighted by atomic mass is 16.6. The lowest BCUT2D eigenvalue weighted by Gasteiger charge is -2.32. The molecule has 3 rings (SSSR count). The number of aliphatic hydroxyl groups is 1. The molecule has 43 heavy (non-hydrogen) atoms. The zero-order valence-electron chi connectivity index (χ0n) is 24.7. The van der Waals surface area contributed by atoms with Crippen molar-refractivity contribution in [3.05, 3.63) is 71.8 Å². The second kappa shape index (κ2) is 15.1. The van der Waals surface area contributed by atoms with Crippen LogP contribution in [-0.2, 0) is 36.9 Å². The van der Waals surface area contributed by atoms with E-state index < -0.39 is 66.0 Å². The SMILES string of the molecule is CC(C)(C)OC(=O)[C@@H]1CCCN1C(=O)[C@@H](O)[C@H](Cc1ccccc1)NC(=O)[C@H](CC(N)=O)NC(=O)NCc1ccccc1. The second-order valence-corrected chi connectivity index (χ2v) is 11.5. The third-order valence-corrected chi connectivity index (χ3v) is 6.80. The maximum atomic E-state index is 13.5. The van der Waals surface area contributed by atoms with Crippen molar-refractivity contribution in [3.8, 4) is 0 Å². The van der Waals surface area contributed by atoms with Gasteiger partial charge in [-0.05, 0) is 51.2 Å². The van der Waals surface area contributed by atoms with Gasteiger partial charge < -0.3 is 36.4 Å². The lowest BCUT2D eigenvalue weighted by atomic mass is 9.99. The van der Waals surface area contributed by atoms with E-state index in [9.17, 15) is 29.1 Å². The van der Waals surface area contributed by atoms with Crippen LogP contribution in [0.15, 0.2) is 60.7 Å². The first-order chi connectivity index (χ1) is 20.3. The molecule has 1 aliphatic heterocycles. The smallest absolute Gasteiger partial charge is 0.329 e. The molecule has 0 bridgehead atoms. The van der Waals surface area contributed by atoms with Crippen molar-refractivity contribution in [1.29, 1.82) is 0 Å². The summed E-state index contributed by atoms with van der Waals surface area (Å²) in [6.45, 7) is 5.59. The van der Waals surface area contributed by atoms with Crippen LogP contribution in [0.5, 0.6) is 0 Å². The van der Waals surface area contributed by atoms with E-state index in [4.69, 9.17) is 10.5 Å². The molecular weight excluding hydrogens is 554 g/mol. The molecule has 12 nitrogen and oxygen atoms in total. The molecule has 0 unspecified atom stereocenters. The Kier molecular flexibility index (Phi) is 11.6. The summed E-state index contributed by atoms with van der Waals surface area (Å²) in [6, 6.07) is 13.9.